The summed E-state index contributed by atoms with van der Waals surface area (Å²) in [5.41, 5.74) is 1.43. The molecule has 138 valence electrons. The van der Waals surface area contributed by atoms with Gasteiger partial charge in [0.15, 0.2) is 0 Å². The molecule has 0 spiro atoms. The van der Waals surface area contributed by atoms with Crippen molar-refractivity contribution in [2.75, 3.05) is 6.54 Å². The third kappa shape index (κ3) is 7.18. The third-order valence-corrected chi connectivity index (χ3v) is 5.91. The number of allylic oxidation sites excluding steroid dienone is 2. The van der Waals surface area contributed by atoms with Crippen LogP contribution in [0.5, 0.6) is 0 Å². The van der Waals surface area contributed by atoms with Crippen LogP contribution in [0, 0.1) is 5.41 Å². The number of carbonyl (C=O) groups excluding carboxylic acids is 1. The maximum absolute atomic E-state index is 12.0. The Balaban J connectivity index is 2.23. The Bertz CT molecular complexity index is 584. The lowest BCUT2D eigenvalue weighted by Crippen LogP contribution is -2.34. The molecule has 0 saturated heterocycles. The van der Waals surface area contributed by atoms with Crippen molar-refractivity contribution in [1.29, 1.82) is 0 Å². The normalized spacial score (nSPS) is 18.6. The van der Waals surface area contributed by atoms with Gasteiger partial charge in [0.2, 0.25) is 15.9 Å². The van der Waals surface area contributed by atoms with Gasteiger partial charge in [0, 0.05) is 13.0 Å². The van der Waals surface area contributed by atoms with E-state index in [1.165, 1.54) is 5.57 Å². The summed E-state index contributed by atoms with van der Waals surface area (Å²) in [4.78, 5) is 12.0. The topological polar surface area (TPSA) is 75.3 Å². The molecule has 2 N–H and O–H groups in total. The number of rotatable bonds is 8. The van der Waals surface area contributed by atoms with E-state index in [4.69, 9.17) is 0 Å². The Morgan fingerprint density at radius 2 is 1.96 bits per heavy atom. The highest BCUT2D eigenvalue weighted by Gasteiger charge is 2.19. The van der Waals surface area contributed by atoms with Crippen molar-refractivity contribution in [3.63, 3.8) is 0 Å². The zero-order valence-electron chi connectivity index (χ0n) is 15.6. The number of nitrogens with one attached hydrogen (secondary N) is 2. The molecule has 0 aromatic rings. The lowest BCUT2D eigenvalue weighted by Gasteiger charge is -2.25. The van der Waals surface area contributed by atoms with Crippen LogP contribution >= 0.6 is 0 Å². The summed E-state index contributed by atoms with van der Waals surface area (Å²) in [7, 11) is -3.21. The molecule has 1 rings (SSSR count). The molecule has 1 aliphatic carbocycles. The van der Waals surface area contributed by atoms with Crippen molar-refractivity contribution in [2.24, 2.45) is 5.41 Å². The molecule has 1 unspecified atom stereocenters. The molecule has 0 saturated carbocycles. The molecule has 5 nitrogen and oxygen atoms in total. The molecule has 6 heteroatoms. The average Bonchev–Trinajstić information content (AvgIpc) is 2.46. The van der Waals surface area contributed by atoms with Gasteiger partial charge >= 0.3 is 0 Å². The molecule has 1 amide bonds. The molecule has 0 heterocycles. The van der Waals surface area contributed by atoms with Gasteiger partial charge in [-0.1, -0.05) is 39.0 Å². The fraction of sp³-hybridized carbons (Fsp3) is 0.722. The number of carbonyl (C=O) groups is 1. The zero-order chi connectivity index (χ0) is 18.4. The van der Waals surface area contributed by atoms with Gasteiger partial charge in [-0.3, -0.25) is 4.79 Å². The average molecular weight is 357 g/mol. The lowest BCUT2D eigenvalue weighted by molar-refractivity contribution is -0.121. The van der Waals surface area contributed by atoms with Gasteiger partial charge in [-0.25, -0.2) is 13.1 Å². The van der Waals surface area contributed by atoms with Crippen LogP contribution in [-0.4, -0.2) is 32.2 Å². The first kappa shape index (κ1) is 20.9. The highest BCUT2D eigenvalue weighted by molar-refractivity contribution is 7.90. The fourth-order valence-corrected chi connectivity index (χ4v) is 3.12. The van der Waals surface area contributed by atoms with Gasteiger partial charge in [0.05, 0.1) is 11.3 Å². The van der Waals surface area contributed by atoms with Gasteiger partial charge in [0.25, 0.3) is 0 Å². The van der Waals surface area contributed by atoms with Crippen LogP contribution in [0.1, 0.15) is 60.3 Å². The number of hydrogen-bond acceptors (Lipinski definition) is 3. The molecule has 0 radical (unpaired) electrons. The van der Waals surface area contributed by atoms with E-state index in [1.54, 1.807) is 13.8 Å². The van der Waals surface area contributed by atoms with Crippen molar-refractivity contribution in [2.45, 2.75) is 71.6 Å². The Morgan fingerprint density at radius 1 is 1.29 bits per heavy atom. The summed E-state index contributed by atoms with van der Waals surface area (Å²) in [6.45, 7) is 10.2. The first-order valence-corrected chi connectivity index (χ1v) is 10.2. The van der Waals surface area contributed by atoms with E-state index in [-0.39, 0.29) is 17.4 Å². The third-order valence-electron chi connectivity index (χ3n) is 4.07. The van der Waals surface area contributed by atoms with Crippen LogP contribution < -0.4 is 10.0 Å². The van der Waals surface area contributed by atoms with E-state index < -0.39 is 15.3 Å². The van der Waals surface area contributed by atoms with E-state index in [0.717, 1.165) is 6.42 Å². The summed E-state index contributed by atoms with van der Waals surface area (Å²) in [5, 5.41) is 2.58. The number of sulfonamides is 1. The van der Waals surface area contributed by atoms with Crippen molar-refractivity contribution in [3.05, 3.63) is 23.8 Å². The Labute approximate surface area is 147 Å². The highest BCUT2D eigenvalue weighted by atomic mass is 32.2. The quantitative estimate of drug-likeness (QED) is 0.657. The van der Waals surface area contributed by atoms with Crippen LogP contribution in [0.2, 0.25) is 0 Å². The minimum absolute atomic E-state index is 0.0176. The molecule has 0 fully saturated rings. The van der Waals surface area contributed by atoms with Crippen molar-refractivity contribution in [3.8, 4) is 0 Å². The predicted octanol–water partition coefficient (Wildman–Crippen LogP) is 2.90. The Hall–Kier alpha value is -1.14. The second-order valence-corrected chi connectivity index (χ2v) is 9.95. The second-order valence-electron chi connectivity index (χ2n) is 7.62. The predicted molar refractivity (Wildman–Crippen MR) is 99.1 cm³/mol. The summed E-state index contributed by atoms with van der Waals surface area (Å²) < 4.78 is 25.7. The SMILES string of the molecule is CC(C)S(=O)(=O)NCCCCC(=O)NC1C=CC(C(C)(C)C)=CC1. The molecular weight excluding hydrogens is 324 g/mol. The molecule has 1 atom stereocenters. The van der Waals surface area contributed by atoms with Crippen LogP contribution in [0.25, 0.3) is 0 Å². The fourth-order valence-electron chi connectivity index (χ4n) is 2.35. The molecular formula is C18H32N2O3S. The summed E-state index contributed by atoms with van der Waals surface area (Å²) in [5.74, 6) is 0.0176. The van der Waals surface area contributed by atoms with Crippen LogP contribution in [0.3, 0.4) is 0 Å². The van der Waals surface area contributed by atoms with Crippen LogP contribution in [-0.2, 0) is 14.8 Å². The van der Waals surface area contributed by atoms with E-state index in [1.807, 2.05) is 0 Å². The minimum atomic E-state index is -3.21. The standard InChI is InChI=1S/C18H32N2O3S/c1-14(2)24(22,23)19-13-7-6-8-17(21)20-16-11-9-15(10-12-16)18(3,4)5/h9-11,14,16,19H,6-8,12-13H2,1-5H3,(H,20,21). The molecule has 0 aromatic heterocycles. The summed E-state index contributed by atoms with van der Waals surface area (Å²) in [6, 6.07) is 0.0584. The largest absolute Gasteiger partial charge is 0.350 e. The van der Waals surface area contributed by atoms with Crippen molar-refractivity contribution in [1.82, 2.24) is 10.0 Å². The van der Waals surface area contributed by atoms with Crippen molar-refractivity contribution >= 4 is 15.9 Å². The van der Waals surface area contributed by atoms with Gasteiger partial charge in [-0.15, -0.1) is 0 Å². The summed E-state index contributed by atoms with van der Waals surface area (Å²) >= 11 is 0. The molecule has 1 aliphatic rings. The van der Waals surface area contributed by atoms with Crippen LogP contribution in [0.15, 0.2) is 23.8 Å². The van der Waals surface area contributed by atoms with Gasteiger partial charge in [-0.2, -0.15) is 0 Å². The molecule has 24 heavy (non-hydrogen) atoms. The van der Waals surface area contributed by atoms with Gasteiger partial charge < -0.3 is 5.32 Å². The monoisotopic (exact) mass is 356 g/mol. The van der Waals surface area contributed by atoms with E-state index >= 15 is 0 Å². The lowest BCUT2D eigenvalue weighted by atomic mass is 9.83. The summed E-state index contributed by atoms with van der Waals surface area (Å²) in [6.07, 6.45) is 8.91. The van der Waals surface area contributed by atoms with Gasteiger partial charge in [-0.05, 0) is 44.1 Å². The maximum atomic E-state index is 12.0. The second kappa shape index (κ2) is 8.81. The number of amides is 1. The van der Waals surface area contributed by atoms with Gasteiger partial charge in [0.1, 0.15) is 0 Å². The smallest absolute Gasteiger partial charge is 0.220 e. The van der Waals surface area contributed by atoms with Crippen LogP contribution in [0.4, 0.5) is 0 Å². The maximum Gasteiger partial charge on any atom is 0.220 e. The molecule has 0 bridgehead atoms. The highest BCUT2D eigenvalue weighted by Crippen LogP contribution is 2.29. The molecule has 0 aliphatic heterocycles. The first-order valence-electron chi connectivity index (χ1n) is 8.69. The van der Waals surface area contributed by atoms with E-state index in [0.29, 0.717) is 25.8 Å². The first-order chi connectivity index (χ1) is 11.0. The van der Waals surface area contributed by atoms with E-state index in [2.05, 4.69) is 49.0 Å². The van der Waals surface area contributed by atoms with Crippen molar-refractivity contribution < 1.29 is 13.2 Å². The zero-order valence-corrected chi connectivity index (χ0v) is 16.4. The molecule has 0 aromatic carbocycles. The Morgan fingerprint density at radius 3 is 2.46 bits per heavy atom. The number of unbranched alkanes of at least 4 members (excludes halogenated alkanes) is 1. The van der Waals surface area contributed by atoms with E-state index in [9.17, 15) is 13.2 Å². The minimum Gasteiger partial charge on any atom is -0.350 e. The Kier molecular flexibility index (Phi) is 7.67. The number of hydrogen-bond donors (Lipinski definition) is 2.